The summed E-state index contributed by atoms with van der Waals surface area (Å²) in [6.45, 7) is 0. The molecular weight excluding hydrogens is 320 g/mol. The zero-order valence-corrected chi connectivity index (χ0v) is 13.6. The van der Waals surface area contributed by atoms with E-state index in [0.717, 1.165) is 10.4 Å². The number of methoxy groups -OCH3 is 1. The number of hydrogen-bond acceptors (Lipinski definition) is 6. The molecule has 5 nitrogen and oxygen atoms in total. The van der Waals surface area contributed by atoms with Crippen LogP contribution in [0.2, 0.25) is 0 Å². The first kappa shape index (κ1) is 16.4. The molecule has 0 bridgehead atoms. The van der Waals surface area contributed by atoms with Crippen molar-refractivity contribution in [1.29, 1.82) is 0 Å². The fourth-order valence-corrected chi connectivity index (χ4v) is 2.95. The number of nitrogens with one attached hydrogen (secondary N) is 1. The lowest BCUT2D eigenvalue weighted by molar-refractivity contribution is -0.142. The molecule has 0 unspecified atom stereocenters. The Morgan fingerprint density at radius 1 is 1.41 bits per heavy atom. The van der Waals surface area contributed by atoms with Gasteiger partial charge in [-0.15, -0.1) is 11.3 Å². The van der Waals surface area contributed by atoms with Crippen molar-refractivity contribution in [3.8, 4) is 10.4 Å². The predicted octanol–water partition coefficient (Wildman–Crippen LogP) is 2.20. The van der Waals surface area contributed by atoms with Gasteiger partial charge >= 0.3 is 5.97 Å². The highest BCUT2D eigenvalue weighted by molar-refractivity contribution is 7.80. The van der Waals surface area contributed by atoms with Crippen molar-refractivity contribution < 1.29 is 14.3 Å². The number of hydrogen-bond donors (Lipinski definition) is 3. The third-order valence-corrected chi connectivity index (χ3v) is 4.32. The lowest BCUT2D eigenvalue weighted by Gasteiger charge is -2.15. The van der Waals surface area contributed by atoms with Gasteiger partial charge < -0.3 is 15.8 Å². The molecule has 22 heavy (non-hydrogen) atoms. The number of benzene rings is 1. The highest BCUT2D eigenvalue weighted by Crippen LogP contribution is 2.30. The SMILES string of the molecule is COC(=O)[C@H](CS)NC(=O)c1ccc(N)cc1-c1cccs1. The van der Waals surface area contributed by atoms with E-state index in [4.69, 9.17) is 5.73 Å². The smallest absolute Gasteiger partial charge is 0.329 e. The van der Waals surface area contributed by atoms with E-state index >= 15 is 0 Å². The summed E-state index contributed by atoms with van der Waals surface area (Å²) in [4.78, 5) is 25.0. The van der Waals surface area contributed by atoms with Gasteiger partial charge in [-0.05, 0) is 29.6 Å². The van der Waals surface area contributed by atoms with Crippen LogP contribution in [0.1, 0.15) is 10.4 Å². The third-order valence-electron chi connectivity index (χ3n) is 3.05. The van der Waals surface area contributed by atoms with Crippen LogP contribution in [0.25, 0.3) is 10.4 Å². The Morgan fingerprint density at radius 3 is 2.77 bits per heavy atom. The van der Waals surface area contributed by atoms with Gasteiger partial charge in [-0.25, -0.2) is 4.79 Å². The van der Waals surface area contributed by atoms with Gasteiger partial charge in [-0.2, -0.15) is 12.6 Å². The minimum Gasteiger partial charge on any atom is -0.467 e. The Kier molecular flexibility index (Phi) is 5.46. The Labute approximate surface area is 137 Å². The molecular formula is C15H16N2O3S2. The van der Waals surface area contributed by atoms with Crippen molar-refractivity contribution >= 4 is 41.5 Å². The molecule has 7 heteroatoms. The minimum absolute atomic E-state index is 0.154. The summed E-state index contributed by atoms with van der Waals surface area (Å²) in [7, 11) is 1.27. The summed E-state index contributed by atoms with van der Waals surface area (Å²) in [6.07, 6.45) is 0. The van der Waals surface area contributed by atoms with E-state index in [1.54, 1.807) is 18.2 Å². The first-order chi connectivity index (χ1) is 10.6. The van der Waals surface area contributed by atoms with Gasteiger partial charge in [0.2, 0.25) is 0 Å². The predicted molar refractivity (Wildman–Crippen MR) is 91.3 cm³/mol. The summed E-state index contributed by atoms with van der Waals surface area (Å²) < 4.78 is 4.64. The van der Waals surface area contributed by atoms with Crippen LogP contribution in [0.4, 0.5) is 5.69 Å². The van der Waals surface area contributed by atoms with E-state index in [-0.39, 0.29) is 11.7 Å². The lowest BCUT2D eigenvalue weighted by atomic mass is 10.0. The van der Waals surface area contributed by atoms with Crippen LogP contribution in [-0.4, -0.2) is 30.8 Å². The molecule has 1 heterocycles. The largest absolute Gasteiger partial charge is 0.467 e. The molecule has 1 atom stereocenters. The molecule has 0 saturated carbocycles. The van der Waals surface area contributed by atoms with Crippen LogP contribution >= 0.6 is 24.0 Å². The van der Waals surface area contributed by atoms with Crippen molar-refractivity contribution in [2.24, 2.45) is 0 Å². The van der Waals surface area contributed by atoms with Crippen LogP contribution in [0.3, 0.4) is 0 Å². The number of nitrogen functional groups attached to an aromatic ring is 1. The molecule has 0 aliphatic heterocycles. The van der Waals surface area contributed by atoms with Gasteiger partial charge in [-0.1, -0.05) is 6.07 Å². The van der Waals surface area contributed by atoms with Crippen molar-refractivity contribution in [3.05, 3.63) is 41.3 Å². The monoisotopic (exact) mass is 336 g/mol. The van der Waals surface area contributed by atoms with E-state index in [1.807, 2.05) is 17.5 Å². The second-order valence-electron chi connectivity index (χ2n) is 4.51. The maximum Gasteiger partial charge on any atom is 0.329 e. The first-order valence-electron chi connectivity index (χ1n) is 6.49. The zero-order chi connectivity index (χ0) is 16.1. The average molecular weight is 336 g/mol. The minimum atomic E-state index is -0.797. The second kappa shape index (κ2) is 7.33. The Bertz CT molecular complexity index is 671. The third kappa shape index (κ3) is 3.61. The van der Waals surface area contributed by atoms with Gasteiger partial charge in [0.05, 0.1) is 7.11 Å². The lowest BCUT2D eigenvalue weighted by Crippen LogP contribution is -2.43. The number of rotatable bonds is 5. The normalized spacial score (nSPS) is 11.7. The van der Waals surface area contributed by atoms with Crippen LogP contribution in [0.15, 0.2) is 35.7 Å². The number of thiophene rings is 1. The molecule has 1 aromatic heterocycles. The quantitative estimate of drug-likeness (QED) is 0.444. The number of esters is 1. The van der Waals surface area contributed by atoms with E-state index in [0.29, 0.717) is 11.3 Å². The van der Waals surface area contributed by atoms with Gasteiger partial charge in [0.15, 0.2) is 0 Å². The summed E-state index contributed by atoms with van der Waals surface area (Å²) >= 11 is 5.57. The Balaban J connectivity index is 2.32. The van der Waals surface area contributed by atoms with Crippen LogP contribution in [0, 0.1) is 0 Å². The average Bonchev–Trinajstić information content (AvgIpc) is 3.05. The molecule has 0 fully saturated rings. The standard InChI is InChI=1S/C15H16N2O3S2/c1-20-15(19)12(8-21)17-14(18)10-5-4-9(16)7-11(10)13-3-2-6-22-13/h2-7,12,21H,8,16H2,1H3,(H,17,18)/t12-/m0/s1. The molecule has 0 spiro atoms. The number of thiol groups is 1. The van der Waals surface area contributed by atoms with E-state index in [1.165, 1.54) is 18.4 Å². The molecule has 3 N–H and O–H groups in total. The Hall–Kier alpha value is -1.99. The molecule has 1 amide bonds. The number of carbonyl (C=O) groups excluding carboxylic acids is 2. The molecule has 2 aromatic rings. The summed E-state index contributed by atoms with van der Waals surface area (Å²) in [5, 5.41) is 4.55. The van der Waals surface area contributed by atoms with Crippen molar-refractivity contribution in [2.75, 3.05) is 18.6 Å². The molecule has 116 valence electrons. The van der Waals surface area contributed by atoms with Crippen molar-refractivity contribution in [2.45, 2.75) is 6.04 Å². The van der Waals surface area contributed by atoms with Crippen LogP contribution in [-0.2, 0) is 9.53 Å². The highest BCUT2D eigenvalue weighted by Gasteiger charge is 2.22. The van der Waals surface area contributed by atoms with E-state index < -0.39 is 12.0 Å². The molecule has 0 aliphatic rings. The highest BCUT2D eigenvalue weighted by atomic mass is 32.1. The second-order valence-corrected chi connectivity index (χ2v) is 5.83. The van der Waals surface area contributed by atoms with Gasteiger partial charge in [0.25, 0.3) is 5.91 Å². The zero-order valence-electron chi connectivity index (χ0n) is 11.9. The first-order valence-corrected chi connectivity index (χ1v) is 8.01. The van der Waals surface area contributed by atoms with Gasteiger partial charge in [0, 0.05) is 27.4 Å². The summed E-state index contributed by atoms with van der Waals surface area (Å²) in [5.74, 6) is -0.744. The molecule has 1 aromatic carbocycles. The van der Waals surface area contributed by atoms with E-state index in [2.05, 4.69) is 22.7 Å². The van der Waals surface area contributed by atoms with Gasteiger partial charge in [0.1, 0.15) is 6.04 Å². The van der Waals surface area contributed by atoms with Crippen molar-refractivity contribution in [3.63, 3.8) is 0 Å². The van der Waals surface area contributed by atoms with Crippen LogP contribution < -0.4 is 11.1 Å². The molecule has 0 aliphatic carbocycles. The van der Waals surface area contributed by atoms with Crippen molar-refractivity contribution in [1.82, 2.24) is 5.32 Å². The molecule has 0 saturated heterocycles. The van der Waals surface area contributed by atoms with Gasteiger partial charge in [-0.3, -0.25) is 4.79 Å². The Morgan fingerprint density at radius 2 is 2.18 bits per heavy atom. The number of ether oxygens (including phenoxy) is 1. The topological polar surface area (TPSA) is 81.4 Å². The number of nitrogens with two attached hydrogens (primary N) is 1. The number of amides is 1. The van der Waals surface area contributed by atoms with E-state index in [9.17, 15) is 9.59 Å². The fraction of sp³-hybridized carbons (Fsp3) is 0.200. The maximum atomic E-state index is 12.5. The number of carbonyl (C=O) groups is 2. The number of anilines is 1. The summed E-state index contributed by atoms with van der Waals surface area (Å²) in [6, 6.07) is 8.05. The molecule has 0 radical (unpaired) electrons. The fourth-order valence-electron chi connectivity index (χ4n) is 1.95. The molecule has 2 rings (SSSR count). The maximum absolute atomic E-state index is 12.5. The summed E-state index contributed by atoms with van der Waals surface area (Å²) in [5.41, 5.74) is 7.57. The van der Waals surface area contributed by atoms with Crippen LogP contribution in [0.5, 0.6) is 0 Å².